The number of phenolic OH excluding ortho intramolecular Hbond substituents is 2. The van der Waals surface area contributed by atoms with Gasteiger partial charge in [-0.05, 0) is 68.5 Å². The van der Waals surface area contributed by atoms with Crippen LogP contribution in [0.15, 0.2) is 48.5 Å². The number of aliphatic hydroxyl groups excluding tert-OH is 1. The zero-order valence-corrected chi connectivity index (χ0v) is 61.4. The van der Waals surface area contributed by atoms with Crippen LogP contribution >= 0.6 is 64.8 Å². The molecule has 44 heteroatoms. The van der Waals surface area contributed by atoms with E-state index in [0.717, 1.165) is 83.5 Å². The summed E-state index contributed by atoms with van der Waals surface area (Å²) in [5.41, 5.74) is 12.6. The highest BCUT2D eigenvalue weighted by atomic mass is 33.1. The lowest BCUT2D eigenvalue weighted by Crippen LogP contribution is -2.61. The number of primary amides is 1. The maximum atomic E-state index is 15.1. The number of benzene rings is 2. The molecule has 0 saturated carbocycles. The molecule has 4 aliphatic heterocycles. The van der Waals surface area contributed by atoms with Gasteiger partial charge in [-0.1, -0.05) is 89.0 Å². The molecule has 4 saturated heterocycles. The van der Waals surface area contributed by atoms with E-state index in [9.17, 15) is 92.7 Å². The summed E-state index contributed by atoms with van der Waals surface area (Å²) in [6, 6.07) is -11.7. The topological polar surface area (TPSA) is 611 Å². The number of carbonyl (C=O) groups excluding carboxylic acids is 14. The first-order valence-electron chi connectivity index (χ1n) is 32.2. The zero-order chi connectivity index (χ0) is 77.8. The normalized spacial score (nSPS) is 26.5. The molecule has 14 atom stereocenters. The van der Waals surface area contributed by atoms with Gasteiger partial charge in [0.05, 0.1) is 25.1 Å². The summed E-state index contributed by atoms with van der Waals surface area (Å²) < 4.78 is 0. The molecule has 38 nitrogen and oxygen atoms in total. The fraction of sp³-hybridized carbons (Fsp3) is 0.525. The largest absolute Gasteiger partial charge is 0.508 e. The number of fused-ring (bicyclic) bond motifs is 20. The molecular formula is C61H83N15O23S6. The lowest BCUT2D eigenvalue weighted by atomic mass is 10.0. The van der Waals surface area contributed by atoms with Crippen LogP contribution in [-0.2, 0) is 94.3 Å². The SMILES string of the molecule is CC(=O)O.C[C@@H]1NC(=O)[C@@H]2CCCN2C(=O)C(CC(N)=O)NC(=O)[C@@H]2CSSC[C@H](N)C(=O)N[C@H]3CSSC[C@H](NC1=O)C(=O)N[C@@H]([C@@H](C)O)C(=O)NCC(=O)N[C@H](C(=O)N[C@@H](Cc1ccc(O)cc1)C(=O)O)CSSC[C@H](NC(=O)[C@H](Cc1ccc(O)cc1)NC(=O)[C@H](CCC(=O)O)NC3=O)C(=O)N2. The third kappa shape index (κ3) is 29.1. The average molecular weight is 1590 g/mol. The molecule has 105 heavy (non-hydrogen) atoms. The van der Waals surface area contributed by atoms with Crippen LogP contribution in [0.5, 0.6) is 11.5 Å². The number of phenols is 2. The van der Waals surface area contributed by atoms with E-state index in [1.807, 2.05) is 0 Å². The second-order valence-electron chi connectivity index (χ2n) is 24.0. The van der Waals surface area contributed by atoms with Gasteiger partial charge in [-0.25, -0.2) is 4.79 Å². The van der Waals surface area contributed by atoms with Crippen LogP contribution in [0.3, 0.4) is 0 Å². The van der Waals surface area contributed by atoms with E-state index in [1.165, 1.54) is 55.5 Å². The van der Waals surface area contributed by atoms with E-state index in [1.54, 1.807) is 0 Å². The maximum Gasteiger partial charge on any atom is 0.326 e. The molecule has 1 unspecified atom stereocenters. The maximum absolute atomic E-state index is 15.1. The van der Waals surface area contributed by atoms with Gasteiger partial charge in [0.2, 0.25) is 82.7 Å². The predicted molar refractivity (Wildman–Crippen MR) is 384 cm³/mol. The van der Waals surface area contributed by atoms with Crippen molar-refractivity contribution in [1.82, 2.24) is 68.7 Å². The summed E-state index contributed by atoms with van der Waals surface area (Å²) in [6.45, 7) is 2.26. The molecule has 4 fully saturated rings. The number of carboxylic acid groups (broad SMARTS) is 3. The number of nitrogens with zero attached hydrogens (tertiary/aromatic N) is 1. The average Bonchev–Trinajstić information content (AvgIpc) is 1.74. The first kappa shape index (κ1) is 86.7. The minimum Gasteiger partial charge on any atom is -0.508 e. The van der Waals surface area contributed by atoms with E-state index in [0.29, 0.717) is 5.56 Å². The van der Waals surface area contributed by atoms with Gasteiger partial charge in [-0.2, -0.15) is 0 Å². The number of nitrogens with one attached hydrogen (secondary N) is 12. The molecule has 6 rings (SSSR count). The quantitative estimate of drug-likeness (QED) is 0.0656. The second kappa shape index (κ2) is 42.9. The van der Waals surface area contributed by atoms with Crippen LogP contribution in [0, 0.1) is 0 Å². The smallest absolute Gasteiger partial charge is 0.326 e. The van der Waals surface area contributed by atoms with Crippen LogP contribution in [0.25, 0.3) is 0 Å². The number of hydrogen-bond donors (Lipinski definition) is 20. The Balaban J connectivity index is 0.00000482. The number of nitrogens with two attached hydrogens (primary N) is 2. The van der Waals surface area contributed by atoms with E-state index >= 15 is 9.59 Å². The summed E-state index contributed by atoms with van der Waals surface area (Å²) in [7, 11) is 4.74. The van der Waals surface area contributed by atoms with Gasteiger partial charge in [0, 0.05) is 67.2 Å². The number of aromatic hydroxyl groups is 2. The number of amides is 14. The summed E-state index contributed by atoms with van der Waals surface area (Å²) >= 11 is 0. The number of carbonyl (C=O) groups is 17. The first-order valence-corrected chi connectivity index (χ1v) is 39.6. The van der Waals surface area contributed by atoms with Crippen molar-refractivity contribution in [2.24, 2.45) is 11.5 Å². The van der Waals surface area contributed by atoms with Crippen LogP contribution in [0.2, 0.25) is 0 Å². The van der Waals surface area contributed by atoms with Crippen molar-refractivity contribution < 1.29 is 112 Å². The van der Waals surface area contributed by atoms with Crippen LogP contribution in [0.4, 0.5) is 0 Å². The van der Waals surface area contributed by atoms with Crippen LogP contribution in [-0.4, -0.2) is 268 Å². The summed E-state index contributed by atoms with van der Waals surface area (Å²) in [5.74, 6) is -22.5. The monoisotopic (exact) mass is 1590 g/mol. The Morgan fingerprint density at radius 1 is 0.571 bits per heavy atom. The highest BCUT2D eigenvalue weighted by Crippen LogP contribution is 2.28. The van der Waals surface area contributed by atoms with E-state index in [4.69, 9.17) is 21.4 Å². The Bertz CT molecular complexity index is 3510. The highest BCUT2D eigenvalue weighted by Gasteiger charge is 2.42. The molecule has 0 aromatic heterocycles. The number of rotatable bonds is 13. The second-order valence-corrected chi connectivity index (χ2v) is 31.6. The van der Waals surface area contributed by atoms with Gasteiger partial charge in [-0.3, -0.25) is 76.7 Å². The van der Waals surface area contributed by atoms with Crippen molar-refractivity contribution in [3.8, 4) is 11.5 Å². The molecule has 0 radical (unpaired) electrons. The van der Waals surface area contributed by atoms with Gasteiger partial charge >= 0.3 is 11.9 Å². The first-order chi connectivity index (χ1) is 49.6. The Labute approximate surface area is 623 Å². The highest BCUT2D eigenvalue weighted by molar-refractivity contribution is 8.77. The Hall–Kier alpha value is -8.95. The molecule has 4 bridgehead atoms. The van der Waals surface area contributed by atoms with Crippen molar-refractivity contribution in [3.05, 3.63) is 59.7 Å². The molecule has 0 spiro atoms. The van der Waals surface area contributed by atoms with Crippen molar-refractivity contribution in [1.29, 1.82) is 0 Å². The summed E-state index contributed by atoms with van der Waals surface area (Å²) in [5, 5.41) is 87.9. The van der Waals surface area contributed by atoms with E-state index in [2.05, 4.69) is 63.8 Å². The minimum absolute atomic E-state index is 0.00937. The lowest BCUT2D eigenvalue weighted by molar-refractivity contribution is -0.143. The van der Waals surface area contributed by atoms with Gasteiger partial charge in [-0.15, -0.1) is 0 Å². The number of aliphatic hydroxyl groups is 1. The standard InChI is InChI=1S/C59H79N15O21S6.C2H4O2/c1-26-47(82)69-41-25-101-99-22-38-52(87)65-33(13-14-45(80)81)49(84)66-34(16-28-5-9-30(76)10-6-28)50(85)71-40(54(89)72-39(23-97-96-20-32(60)48(83)70-38)53(88)67-35(18-43(61)78)58(93)74-15-3-4-42(74)56(91)63-26)24-100-98-21-37(64-44(79)19-62-57(92)46(27(2)75)73-55(41)90)51(86)68-36(59(94)95)17-29-7-11-31(77)12-8-29;1-2(3)4/h5-12,26-27,32-42,46,75-77H,3-4,13-25,60H2,1-2H3,(H2,61,78)(H,62,92)(H,63,91)(H,64,79)(H,65,87)(H,66,84)(H,67,88)(H,68,86)(H,69,82)(H,70,83)(H,71,85)(H,72,89)(H,73,90)(H,80,81)(H,94,95);1H3,(H,3,4)/t26-,27+,32-,33-,34-,35?,36-,37-,38-,39-,40-,41-,42-,46-;/m0./s1. The molecule has 4 aliphatic rings. The van der Waals surface area contributed by atoms with Crippen LogP contribution in [0.1, 0.15) is 64.0 Å². The minimum atomic E-state index is -1.93. The van der Waals surface area contributed by atoms with E-state index < -0.39 is 246 Å². The molecule has 22 N–H and O–H groups in total. The molecule has 14 amide bonds. The summed E-state index contributed by atoms with van der Waals surface area (Å²) in [6.07, 6.45) is -4.71. The molecule has 576 valence electrons. The fourth-order valence-electron chi connectivity index (χ4n) is 10.0. The van der Waals surface area contributed by atoms with Gasteiger partial charge in [0.15, 0.2) is 0 Å². The Morgan fingerprint density at radius 3 is 1.57 bits per heavy atom. The number of hydrogen-bond acceptors (Lipinski definition) is 27. The number of aliphatic carboxylic acids is 3. The fourth-order valence-corrected chi connectivity index (χ4v) is 17.0. The van der Waals surface area contributed by atoms with Crippen molar-refractivity contribution in [2.75, 3.05) is 47.6 Å². The van der Waals surface area contributed by atoms with Crippen molar-refractivity contribution in [3.63, 3.8) is 0 Å². The van der Waals surface area contributed by atoms with Gasteiger partial charge in [0.1, 0.15) is 84.0 Å². The van der Waals surface area contributed by atoms with Crippen LogP contribution < -0.4 is 75.3 Å². The molecule has 2 aromatic rings. The summed E-state index contributed by atoms with van der Waals surface area (Å²) in [4.78, 5) is 236. The third-order valence-corrected chi connectivity index (χ3v) is 22.9. The molecule has 4 heterocycles. The van der Waals surface area contributed by atoms with Gasteiger partial charge < -0.3 is 111 Å². The Kier molecular flexibility index (Phi) is 35.4. The Morgan fingerprint density at radius 2 is 1.04 bits per heavy atom. The number of carboxylic acids is 3. The third-order valence-electron chi connectivity index (χ3n) is 15.6. The lowest BCUT2D eigenvalue weighted by Gasteiger charge is -2.30. The molecular weight excluding hydrogens is 1500 g/mol. The van der Waals surface area contributed by atoms with Crippen molar-refractivity contribution in [2.45, 2.75) is 150 Å². The van der Waals surface area contributed by atoms with Crippen molar-refractivity contribution >= 4 is 165 Å². The molecule has 2 aromatic carbocycles. The molecule has 0 aliphatic carbocycles. The predicted octanol–water partition coefficient (Wildman–Crippen LogP) is -5.85. The van der Waals surface area contributed by atoms with Gasteiger partial charge in [0.25, 0.3) is 5.97 Å². The van der Waals surface area contributed by atoms with E-state index in [-0.39, 0.29) is 48.6 Å². The zero-order valence-electron chi connectivity index (χ0n) is 56.5.